The highest BCUT2D eigenvalue weighted by molar-refractivity contribution is 9.10. The van der Waals surface area contributed by atoms with E-state index in [9.17, 15) is 0 Å². The van der Waals surface area contributed by atoms with Crippen molar-refractivity contribution in [3.63, 3.8) is 0 Å². The minimum Gasteiger partial charge on any atom is -0.378 e. The quantitative estimate of drug-likeness (QED) is 0.817. The molecule has 1 unspecified atom stereocenters. The lowest BCUT2D eigenvalue weighted by atomic mass is 10.1. The van der Waals surface area contributed by atoms with Crippen LogP contribution in [0.4, 0.5) is 5.69 Å². The molecule has 2 aromatic rings. The van der Waals surface area contributed by atoms with Gasteiger partial charge < -0.3 is 5.32 Å². The molecule has 94 valence electrons. The van der Waals surface area contributed by atoms with Crippen molar-refractivity contribution in [1.82, 2.24) is 0 Å². The van der Waals surface area contributed by atoms with Crippen LogP contribution in [0.3, 0.4) is 0 Å². The van der Waals surface area contributed by atoms with Crippen LogP contribution in [0.15, 0.2) is 46.9 Å². The molecule has 0 fully saturated rings. The Bertz CT molecular complexity index is 531. The molecule has 1 atom stereocenters. The van der Waals surface area contributed by atoms with Crippen LogP contribution in [0.2, 0.25) is 0 Å². The zero-order valence-electron chi connectivity index (χ0n) is 11.0. The summed E-state index contributed by atoms with van der Waals surface area (Å²) in [6.45, 7) is 6.42. The first kappa shape index (κ1) is 13.2. The second kappa shape index (κ2) is 5.57. The molecular formula is C16H18BrN. The van der Waals surface area contributed by atoms with Gasteiger partial charge >= 0.3 is 0 Å². The van der Waals surface area contributed by atoms with Crippen molar-refractivity contribution in [3.8, 4) is 0 Å². The van der Waals surface area contributed by atoms with E-state index in [1.165, 1.54) is 22.4 Å². The fraction of sp³-hybridized carbons (Fsp3) is 0.250. The summed E-state index contributed by atoms with van der Waals surface area (Å²) < 4.78 is 1.14. The van der Waals surface area contributed by atoms with Crippen LogP contribution >= 0.6 is 15.9 Å². The van der Waals surface area contributed by atoms with E-state index in [1.807, 2.05) is 0 Å². The van der Waals surface area contributed by atoms with Crippen LogP contribution in [-0.2, 0) is 0 Å². The third kappa shape index (κ3) is 2.94. The molecule has 2 rings (SSSR count). The predicted octanol–water partition coefficient (Wildman–Crippen LogP) is 5.24. The van der Waals surface area contributed by atoms with E-state index in [4.69, 9.17) is 0 Å². The highest BCUT2D eigenvalue weighted by Crippen LogP contribution is 2.27. The number of benzene rings is 2. The monoisotopic (exact) mass is 303 g/mol. The van der Waals surface area contributed by atoms with Crippen LogP contribution in [-0.4, -0.2) is 0 Å². The molecule has 0 amide bonds. The molecule has 0 spiro atoms. The van der Waals surface area contributed by atoms with E-state index in [-0.39, 0.29) is 0 Å². The van der Waals surface area contributed by atoms with Crippen molar-refractivity contribution in [1.29, 1.82) is 0 Å². The lowest BCUT2D eigenvalue weighted by molar-refractivity contribution is 0.881. The maximum atomic E-state index is 3.56. The number of nitrogens with one attached hydrogen (secondary N) is 1. The molecule has 0 aromatic heterocycles. The summed E-state index contributed by atoms with van der Waals surface area (Å²) in [5.41, 5.74) is 5.03. The van der Waals surface area contributed by atoms with Gasteiger partial charge in [-0.25, -0.2) is 0 Å². The van der Waals surface area contributed by atoms with Gasteiger partial charge in [-0.05, 0) is 44.0 Å². The van der Waals surface area contributed by atoms with Crippen molar-refractivity contribution >= 4 is 21.6 Å². The van der Waals surface area contributed by atoms with Crippen LogP contribution < -0.4 is 5.32 Å². The van der Waals surface area contributed by atoms with Gasteiger partial charge in [0.2, 0.25) is 0 Å². The largest absolute Gasteiger partial charge is 0.378 e. The minimum atomic E-state index is 0.304. The zero-order chi connectivity index (χ0) is 13.1. The van der Waals surface area contributed by atoms with Gasteiger partial charge in [0.1, 0.15) is 0 Å². The first-order valence-electron chi connectivity index (χ1n) is 6.16. The van der Waals surface area contributed by atoms with Gasteiger partial charge in [-0.1, -0.05) is 51.8 Å². The Morgan fingerprint density at radius 1 is 1.00 bits per heavy atom. The summed E-state index contributed by atoms with van der Waals surface area (Å²) >= 11 is 3.56. The summed E-state index contributed by atoms with van der Waals surface area (Å²) in [5.74, 6) is 0. The summed E-state index contributed by atoms with van der Waals surface area (Å²) in [6.07, 6.45) is 0. The molecule has 0 bridgehead atoms. The molecule has 1 N–H and O–H groups in total. The Morgan fingerprint density at radius 2 is 1.67 bits per heavy atom. The van der Waals surface area contributed by atoms with E-state index in [0.717, 1.165) is 4.47 Å². The van der Waals surface area contributed by atoms with Crippen LogP contribution in [0, 0.1) is 13.8 Å². The normalized spacial score (nSPS) is 12.2. The molecule has 2 heteroatoms. The molecule has 0 heterocycles. The molecule has 0 aliphatic carbocycles. The van der Waals surface area contributed by atoms with E-state index < -0.39 is 0 Å². The number of aryl methyl sites for hydroxylation is 1. The fourth-order valence-corrected chi connectivity index (χ4v) is 2.30. The Morgan fingerprint density at radius 3 is 2.33 bits per heavy atom. The van der Waals surface area contributed by atoms with Crippen molar-refractivity contribution < 1.29 is 0 Å². The van der Waals surface area contributed by atoms with Gasteiger partial charge in [0, 0.05) is 16.2 Å². The highest BCUT2D eigenvalue weighted by Gasteiger charge is 2.07. The van der Waals surface area contributed by atoms with Crippen LogP contribution in [0.1, 0.15) is 29.7 Å². The Labute approximate surface area is 117 Å². The number of anilines is 1. The Kier molecular flexibility index (Phi) is 4.07. The van der Waals surface area contributed by atoms with Gasteiger partial charge in [-0.15, -0.1) is 0 Å². The third-order valence-electron chi connectivity index (χ3n) is 3.22. The number of hydrogen-bond donors (Lipinski definition) is 1. The number of halogens is 1. The maximum absolute atomic E-state index is 3.56. The summed E-state index contributed by atoms with van der Waals surface area (Å²) in [7, 11) is 0. The SMILES string of the molecule is Cc1ccc(C(C)Nc2cccc(Br)c2C)cc1. The fourth-order valence-electron chi connectivity index (χ4n) is 1.94. The van der Waals surface area contributed by atoms with E-state index in [1.54, 1.807) is 0 Å². The predicted molar refractivity (Wildman–Crippen MR) is 82.1 cm³/mol. The molecule has 18 heavy (non-hydrogen) atoms. The summed E-state index contributed by atoms with van der Waals surface area (Å²) in [4.78, 5) is 0. The lowest BCUT2D eigenvalue weighted by Gasteiger charge is -2.18. The molecule has 0 aliphatic heterocycles. The smallest absolute Gasteiger partial charge is 0.0485 e. The molecule has 2 aromatic carbocycles. The lowest BCUT2D eigenvalue weighted by Crippen LogP contribution is -2.07. The number of rotatable bonds is 3. The third-order valence-corrected chi connectivity index (χ3v) is 4.08. The maximum Gasteiger partial charge on any atom is 0.0485 e. The van der Waals surface area contributed by atoms with Crippen LogP contribution in [0.5, 0.6) is 0 Å². The molecule has 1 nitrogen and oxygen atoms in total. The zero-order valence-corrected chi connectivity index (χ0v) is 12.6. The Hall–Kier alpha value is -1.28. The van der Waals surface area contributed by atoms with Crippen molar-refractivity contribution in [2.75, 3.05) is 5.32 Å². The molecule has 0 radical (unpaired) electrons. The molecular weight excluding hydrogens is 286 g/mol. The van der Waals surface area contributed by atoms with Gasteiger partial charge in [-0.2, -0.15) is 0 Å². The average Bonchev–Trinajstić information content (AvgIpc) is 2.36. The van der Waals surface area contributed by atoms with Gasteiger partial charge in [0.05, 0.1) is 0 Å². The first-order valence-corrected chi connectivity index (χ1v) is 6.95. The molecule has 0 saturated heterocycles. The van der Waals surface area contributed by atoms with E-state index >= 15 is 0 Å². The summed E-state index contributed by atoms with van der Waals surface area (Å²) in [5, 5.41) is 3.56. The van der Waals surface area contributed by atoms with E-state index in [0.29, 0.717) is 6.04 Å². The topological polar surface area (TPSA) is 12.0 Å². The molecule has 0 aliphatic rings. The van der Waals surface area contributed by atoms with Gasteiger partial charge in [0.15, 0.2) is 0 Å². The van der Waals surface area contributed by atoms with E-state index in [2.05, 4.69) is 84.5 Å². The average molecular weight is 304 g/mol. The minimum absolute atomic E-state index is 0.304. The van der Waals surface area contributed by atoms with Crippen LogP contribution in [0.25, 0.3) is 0 Å². The standard InChI is InChI=1S/C16H18BrN/c1-11-7-9-14(10-8-11)13(3)18-16-6-4-5-15(17)12(16)2/h4-10,13,18H,1-3H3. The molecule has 0 saturated carbocycles. The first-order chi connectivity index (χ1) is 8.58. The van der Waals surface area contributed by atoms with Crippen molar-refractivity contribution in [2.45, 2.75) is 26.8 Å². The Balaban J connectivity index is 2.18. The van der Waals surface area contributed by atoms with Gasteiger partial charge in [-0.3, -0.25) is 0 Å². The number of hydrogen-bond acceptors (Lipinski definition) is 1. The second-order valence-electron chi connectivity index (χ2n) is 4.69. The van der Waals surface area contributed by atoms with Crippen molar-refractivity contribution in [2.24, 2.45) is 0 Å². The van der Waals surface area contributed by atoms with Gasteiger partial charge in [0.25, 0.3) is 0 Å². The summed E-state index contributed by atoms with van der Waals surface area (Å²) in [6, 6.07) is 15.2. The van der Waals surface area contributed by atoms with Crippen molar-refractivity contribution in [3.05, 3.63) is 63.6 Å². The second-order valence-corrected chi connectivity index (χ2v) is 5.54. The highest BCUT2D eigenvalue weighted by atomic mass is 79.9.